The van der Waals surface area contributed by atoms with Crippen LogP contribution in [0.3, 0.4) is 0 Å². The predicted octanol–water partition coefficient (Wildman–Crippen LogP) is 2.92. The molecule has 33 heavy (non-hydrogen) atoms. The summed E-state index contributed by atoms with van der Waals surface area (Å²) in [6, 6.07) is -1.37. The van der Waals surface area contributed by atoms with Crippen LogP contribution in [-0.2, 0) is 19.1 Å². The summed E-state index contributed by atoms with van der Waals surface area (Å²) in [6.07, 6.45) is 4.39. The molecule has 0 aromatic carbocycles. The van der Waals surface area contributed by atoms with E-state index in [4.69, 9.17) is 4.74 Å². The van der Waals surface area contributed by atoms with Crippen molar-refractivity contribution in [1.82, 2.24) is 15.5 Å². The van der Waals surface area contributed by atoms with Gasteiger partial charge in [-0.1, -0.05) is 20.3 Å². The third-order valence-corrected chi connectivity index (χ3v) is 6.75. The maximum absolute atomic E-state index is 12.8. The van der Waals surface area contributed by atoms with Crippen LogP contribution in [0.1, 0.15) is 79.6 Å². The maximum atomic E-state index is 12.8. The Labute approximate surface area is 197 Å². The number of amides is 3. The van der Waals surface area contributed by atoms with E-state index in [1.165, 1.54) is 4.90 Å². The van der Waals surface area contributed by atoms with Crippen molar-refractivity contribution in [3.63, 3.8) is 0 Å². The number of nitrogens with one attached hydrogen (secondary N) is 2. The maximum Gasteiger partial charge on any atom is 0.408 e. The summed E-state index contributed by atoms with van der Waals surface area (Å²) >= 11 is 0. The Kier molecular flexibility index (Phi) is 9.55. The molecule has 3 unspecified atom stereocenters. The second kappa shape index (κ2) is 11.7. The van der Waals surface area contributed by atoms with Crippen molar-refractivity contribution < 1.29 is 29.0 Å². The molecule has 1 saturated heterocycles. The van der Waals surface area contributed by atoms with Gasteiger partial charge in [0.1, 0.15) is 17.7 Å². The number of carbonyl (C=O) groups is 4. The summed E-state index contributed by atoms with van der Waals surface area (Å²) in [5, 5.41) is 15.0. The molecule has 9 heteroatoms. The van der Waals surface area contributed by atoms with Crippen LogP contribution in [0.4, 0.5) is 4.79 Å². The average molecular weight is 468 g/mol. The van der Waals surface area contributed by atoms with Gasteiger partial charge in [-0.15, -0.1) is 0 Å². The second-order valence-corrected chi connectivity index (χ2v) is 10.5. The van der Waals surface area contributed by atoms with E-state index in [0.29, 0.717) is 32.4 Å². The van der Waals surface area contributed by atoms with Crippen LogP contribution in [0.25, 0.3) is 0 Å². The van der Waals surface area contributed by atoms with E-state index >= 15 is 0 Å². The Balaban J connectivity index is 1.83. The van der Waals surface area contributed by atoms with Gasteiger partial charge in [-0.05, 0) is 71.1 Å². The summed E-state index contributed by atoms with van der Waals surface area (Å²) in [5.74, 6) is -1.12. The van der Waals surface area contributed by atoms with Gasteiger partial charge in [0.25, 0.3) is 0 Å². The molecule has 188 valence electrons. The minimum Gasteiger partial charge on any atom is -0.480 e. The second-order valence-electron chi connectivity index (χ2n) is 10.5. The van der Waals surface area contributed by atoms with Gasteiger partial charge in [-0.25, -0.2) is 9.59 Å². The first-order chi connectivity index (χ1) is 15.4. The number of carboxylic acids is 1. The van der Waals surface area contributed by atoms with Gasteiger partial charge < -0.3 is 25.4 Å². The molecule has 0 spiro atoms. The largest absolute Gasteiger partial charge is 0.480 e. The van der Waals surface area contributed by atoms with Gasteiger partial charge in [-0.3, -0.25) is 9.59 Å². The van der Waals surface area contributed by atoms with Crippen LogP contribution in [-0.4, -0.2) is 64.7 Å². The fourth-order valence-corrected chi connectivity index (χ4v) is 4.63. The normalized spacial score (nSPS) is 25.1. The fourth-order valence-electron chi connectivity index (χ4n) is 4.63. The van der Waals surface area contributed by atoms with Crippen LogP contribution < -0.4 is 10.6 Å². The number of nitrogens with zero attached hydrogens (tertiary/aromatic N) is 1. The molecule has 0 aromatic rings. The van der Waals surface area contributed by atoms with Crippen molar-refractivity contribution in [2.45, 2.75) is 97.2 Å². The number of aliphatic carboxylic acids is 1. The molecule has 1 heterocycles. The van der Waals surface area contributed by atoms with Crippen LogP contribution in [0.2, 0.25) is 0 Å². The molecule has 0 bridgehead atoms. The highest BCUT2D eigenvalue weighted by atomic mass is 16.6. The van der Waals surface area contributed by atoms with E-state index in [1.807, 2.05) is 13.8 Å². The average Bonchev–Trinajstić information content (AvgIpc) is 3.24. The van der Waals surface area contributed by atoms with Crippen LogP contribution in [0.15, 0.2) is 0 Å². The molecule has 2 fully saturated rings. The zero-order valence-corrected chi connectivity index (χ0v) is 20.7. The Hall–Kier alpha value is -2.32. The Morgan fingerprint density at radius 2 is 1.73 bits per heavy atom. The standard InChI is InChI=1S/C24H41N3O6/c1-6-15(2)19(26-23(32)33-24(3,4)5)20(28)25-14-16-9-11-17(12-10-16)21(29)27-13-7-8-18(27)22(30)31/h15-19H,6-14H2,1-5H3,(H,25,28)(H,26,32)(H,30,31). The first-order valence-corrected chi connectivity index (χ1v) is 12.2. The lowest BCUT2D eigenvalue weighted by molar-refractivity contribution is -0.150. The lowest BCUT2D eigenvalue weighted by Crippen LogP contribution is -2.52. The van der Waals surface area contributed by atoms with Crippen molar-refractivity contribution >= 4 is 23.9 Å². The summed E-state index contributed by atoms with van der Waals surface area (Å²) in [6.45, 7) is 10.2. The monoisotopic (exact) mass is 467 g/mol. The number of likely N-dealkylation sites (tertiary alicyclic amines) is 1. The number of carbonyl (C=O) groups excluding carboxylic acids is 3. The zero-order chi connectivity index (χ0) is 24.8. The number of hydrogen-bond acceptors (Lipinski definition) is 5. The van der Waals surface area contributed by atoms with E-state index in [-0.39, 0.29) is 29.6 Å². The van der Waals surface area contributed by atoms with Gasteiger partial charge in [0, 0.05) is 19.0 Å². The van der Waals surface area contributed by atoms with E-state index in [9.17, 15) is 24.3 Å². The van der Waals surface area contributed by atoms with Gasteiger partial charge in [-0.2, -0.15) is 0 Å². The third kappa shape index (κ3) is 7.89. The summed E-state index contributed by atoms with van der Waals surface area (Å²) in [4.78, 5) is 50.8. The topological polar surface area (TPSA) is 125 Å². The summed E-state index contributed by atoms with van der Waals surface area (Å²) in [5.41, 5.74) is -0.643. The van der Waals surface area contributed by atoms with Crippen molar-refractivity contribution in [2.75, 3.05) is 13.1 Å². The van der Waals surface area contributed by atoms with Crippen LogP contribution >= 0.6 is 0 Å². The van der Waals surface area contributed by atoms with E-state index in [2.05, 4.69) is 10.6 Å². The Morgan fingerprint density at radius 1 is 1.09 bits per heavy atom. The van der Waals surface area contributed by atoms with E-state index in [0.717, 1.165) is 25.7 Å². The molecule has 1 saturated carbocycles. The summed E-state index contributed by atoms with van der Waals surface area (Å²) in [7, 11) is 0. The minimum absolute atomic E-state index is 0.0409. The fraction of sp³-hybridized carbons (Fsp3) is 0.833. The van der Waals surface area contributed by atoms with E-state index < -0.39 is 29.7 Å². The molecule has 1 aliphatic heterocycles. The lowest BCUT2D eigenvalue weighted by atomic mass is 9.81. The number of rotatable bonds is 8. The lowest BCUT2D eigenvalue weighted by Gasteiger charge is -2.32. The van der Waals surface area contributed by atoms with Crippen molar-refractivity contribution in [3.8, 4) is 0 Å². The van der Waals surface area contributed by atoms with Crippen LogP contribution in [0.5, 0.6) is 0 Å². The molecule has 3 atom stereocenters. The molecule has 0 radical (unpaired) electrons. The molecule has 9 nitrogen and oxygen atoms in total. The molecular weight excluding hydrogens is 426 g/mol. The molecule has 3 amide bonds. The van der Waals surface area contributed by atoms with E-state index in [1.54, 1.807) is 20.8 Å². The molecule has 1 aliphatic carbocycles. The quantitative estimate of drug-likeness (QED) is 0.504. The van der Waals surface area contributed by atoms with Gasteiger partial charge in [0.15, 0.2) is 0 Å². The van der Waals surface area contributed by atoms with Crippen molar-refractivity contribution in [3.05, 3.63) is 0 Å². The first kappa shape index (κ1) is 26.9. The van der Waals surface area contributed by atoms with Gasteiger partial charge in [0.2, 0.25) is 11.8 Å². The smallest absolute Gasteiger partial charge is 0.408 e. The SMILES string of the molecule is CCC(C)C(NC(=O)OC(C)(C)C)C(=O)NCC1CCC(C(=O)N2CCCC2C(=O)O)CC1. The van der Waals surface area contributed by atoms with Crippen molar-refractivity contribution in [1.29, 1.82) is 0 Å². The molecular formula is C24H41N3O6. The highest BCUT2D eigenvalue weighted by molar-refractivity contribution is 5.86. The summed E-state index contributed by atoms with van der Waals surface area (Å²) < 4.78 is 5.30. The number of carboxylic acid groups (broad SMARTS) is 1. The predicted molar refractivity (Wildman–Crippen MR) is 123 cm³/mol. The number of ether oxygens (including phenoxy) is 1. The number of hydrogen-bond donors (Lipinski definition) is 3. The highest BCUT2D eigenvalue weighted by Crippen LogP contribution is 2.32. The first-order valence-electron chi connectivity index (χ1n) is 12.2. The number of alkyl carbamates (subject to hydrolysis) is 1. The van der Waals surface area contributed by atoms with Crippen LogP contribution in [0, 0.1) is 17.8 Å². The van der Waals surface area contributed by atoms with Crippen molar-refractivity contribution in [2.24, 2.45) is 17.8 Å². The Bertz CT molecular complexity index is 711. The Morgan fingerprint density at radius 3 is 2.27 bits per heavy atom. The molecule has 3 N–H and O–H groups in total. The van der Waals surface area contributed by atoms with Gasteiger partial charge >= 0.3 is 12.1 Å². The van der Waals surface area contributed by atoms with Gasteiger partial charge in [0.05, 0.1) is 0 Å². The molecule has 2 rings (SSSR count). The molecule has 0 aromatic heterocycles. The minimum atomic E-state index is -0.923. The third-order valence-electron chi connectivity index (χ3n) is 6.75. The molecule has 2 aliphatic rings. The zero-order valence-electron chi connectivity index (χ0n) is 20.7. The highest BCUT2D eigenvalue weighted by Gasteiger charge is 2.38.